The number of aryl methyl sites for hydroxylation is 1. The van der Waals surface area contributed by atoms with Crippen LogP contribution in [0.25, 0.3) is 0 Å². The Bertz CT molecular complexity index is 861. The van der Waals surface area contributed by atoms with E-state index in [9.17, 15) is 8.42 Å². The summed E-state index contributed by atoms with van der Waals surface area (Å²) < 4.78 is 33.3. The molecule has 0 saturated heterocycles. The average molecular weight is 396 g/mol. The lowest BCUT2D eigenvalue weighted by Crippen LogP contribution is -2.28. The summed E-state index contributed by atoms with van der Waals surface area (Å²) in [5.74, 6) is 1.03. The van der Waals surface area contributed by atoms with Crippen molar-refractivity contribution in [3.8, 4) is 5.75 Å². The van der Waals surface area contributed by atoms with Gasteiger partial charge in [-0.05, 0) is 66.3 Å². The molecule has 142 valence electrons. The van der Waals surface area contributed by atoms with Gasteiger partial charge in [0.05, 0.1) is 12.9 Å². The molecule has 0 aliphatic heterocycles. The third-order valence-corrected chi connectivity index (χ3v) is 6.01. The van der Waals surface area contributed by atoms with E-state index in [1.54, 1.807) is 31.4 Å². The molecule has 0 aromatic heterocycles. The van der Waals surface area contributed by atoms with Gasteiger partial charge in [0, 0.05) is 11.1 Å². The smallest absolute Gasteiger partial charge is 0.216 e. The zero-order valence-electron chi connectivity index (χ0n) is 15.8. The molecular weight excluding hydrogens is 370 g/mol. The Balaban J connectivity index is 2.24. The minimum Gasteiger partial charge on any atom is -0.496 e. The van der Waals surface area contributed by atoms with Crippen LogP contribution in [0.4, 0.5) is 0 Å². The molecule has 2 rings (SSSR count). The van der Waals surface area contributed by atoms with Crippen molar-refractivity contribution in [2.24, 2.45) is 0 Å². The predicted molar refractivity (Wildman–Crippen MR) is 107 cm³/mol. The molecule has 2 aromatic carbocycles. The fraction of sp³-hybridized carbons (Fsp3) is 0.400. The first-order valence-electron chi connectivity index (χ1n) is 8.56. The summed E-state index contributed by atoms with van der Waals surface area (Å²) in [7, 11) is -1.83. The number of hydrogen-bond acceptors (Lipinski definition) is 3. The predicted octanol–water partition coefficient (Wildman–Crippen LogP) is 4.96. The topological polar surface area (TPSA) is 55.4 Å². The highest BCUT2D eigenvalue weighted by molar-refractivity contribution is 7.88. The first-order chi connectivity index (χ1) is 12.1. The van der Waals surface area contributed by atoms with Crippen LogP contribution in [-0.4, -0.2) is 15.5 Å². The number of methoxy groups -OCH3 is 1. The van der Waals surface area contributed by atoms with Gasteiger partial charge in [-0.25, -0.2) is 13.1 Å². The molecule has 2 aromatic rings. The Hall–Kier alpha value is -1.56. The van der Waals surface area contributed by atoms with Crippen LogP contribution in [0.2, 0.25) is 5.02 Å². The minimum absolute atomic E-state index is 0.0826. The third kappa shape index (κ3) is 5.22. The summed E-state index contributed by atoms with van der Waals surface area (Å²) in [6, 6.07) is 10.5. The number of hydrogen-bond donors (Lipinski definition) is 1. The number of rotatable bonds is 7. The van der Waals surface area contributed by atoms with Gasteiger partial charge < -0.3 is 4.74 Å². The minimum atomic E-state index is -3.48. The SMILES string of the molecule is COc1cc(C)c([C@@H](C)NS(=O)(=O)Cc2ccc(Cl)cc2)cc1C(C)C. The molecule has 6 heteroatoms. The van der Waals surface area contributed by atoms with Crippen LogP contribution in [0, 0.1) is 6.92 Å². The molecule has 0 fully saturated rings. The molecule has 0 aliphatic carbocycles. The highest BCUT2D eigenvalue weighted by Crippen LogP contribution is 2.32. The summed E-state index contributed by atoms with van der Waals surface area (Å²) in [5.41, 5.74) is 3.71. The highest BCUT2D eigenvalue weighted by atomic mass is 35.5. The van der Waals surface area contributed by atoms with Crippen molar-refractivity contribution in [1.29, 1.82) is 0 Å². The van der Waals surface area contributed by atoms with E-state index in [4.69, 9.17) is 16.3 Å². The van der Waals surface area contributed by atoms with Crippen molar-refractivity contribution in [2.75, 3.05) is 7.11 Å². The summed E-state index contributed by atoms with van der Waals surface area (Å²) in [6.07, 6.45) is 0. The number of nitrogens with one attached hydrogen (secondary N) is 1. The molecule has 0 saturated carbocycles. The molecule has 0 amide bonds. The van der Waals surface area contributed by atoms with Gasteiger partial charge in [-0.3, -0.25) is 0 Å². The number of halogens is 1. The van der Waals surface area contributed by atoms with Gasteiger partial charge >= 0.3 is 0 Å². The van der Waals surface area contributed by atoms with E-state index >= 15 is 0 Å². The lowest BCUT2D eigenvalue weighted by molar-refractivity contribution is 0.406. The van der Waals surface area contributed by atoms with Crippen LogP contribution in [-0.2, 0) is 15.8 Å². The van der Waals surface area contributed by atoms with Crippen LogP contribution >= 0.6 is 11.6 Å². The average Bonchev–Trinajstić information content (AvgIpc) is 2.55. The highest BCUT2D eigenvalue weighted by Gasteiger charge is 2.20. The van der Waals surface area contributed by atoms with Crippen molar-refractivity contribution >= 4 is 21.6 Å². The first-order valence-corrected chi connectivity index (χ1v) is 10.6. The normalized spacial score (nSPS) is 13.0. The van der Waals surface area contributed by atoms with Gasteiger partial charge in [-0.1, -0.05) is 37.6 Å². The van der Waals surface area contributed by atoms with Crippen molar-refractivity contribution < 1.29 is 13.2 Å². The summed E-state index contributed by atoms with van der Waals surface area (Å²) in [5, 5.41) is 0.586. The second kappa shape index (κ2) is 8.42. The van der Waals surface area contributed by atoms with Gasteiger partial charge in [-0.2, -0.15) is 0 Å². The molecule has 1 atom stereocenters. The van der Waals surface area contributed by atoms with Crippen LogP contribution in [0.15, 0.2) is 36.4 Å². The quantitative estimate of drug-likeness (QED) is 0.720. The molecule has 0 heterocycles. The van der Waals surface area contributed by atoms with Gasteiger partial charge in [-0.15, -0.1) is 0 Å². The van der Waals surface area contributed by atoms with Crippen molar-refractivity contribution in [1.82, 2.24) is 4.72 Å². The molecule has 0 unspecified atom stereocenters. The van der Waals surface area contributed by atoms with Gasteiger partial charge in [0.15, 0.2) is 0 Å². The van der Waals surface area contributed by atoms with Crippen molar-refractivity contribution in [2.45, 2.75) is 45.4 Å². The Morgan fingerprint density at radius 2 is 1.69 bits per heavy atom. The third-order valence-electron chi connectivity index (χ3n) is 4.33. The molecular formula is C20H26ClNO3S. The van der Waals surface area contributed by atoms with Crippen LogP contribution in [0.1, 0.15) is 55.0 Å². The van der Waals surface area contributed by atoms with Crippen molar-refractivity contribution in [3.63, 3.8) is 0 Å². The Kier molecular flexibility index (Phi) is 6.72. The Labute approximate surface area is 161 Å². The lowest BCUT2D eigenvalue weighted by Gasteiger charge is -2.21. The van der Waals surface area contributed by atoms with E-state index in [0.29, 0.717) is 10.6 Å². The number of sulfonamides is 1. The van der Waals surface area contributed by atoms with E-state index in [-0.39, 0.29) is 17.7 Å². The lowest BCUT2D eigenvalue weighted by atomic mass is 9.94. The molecule has 26 heavy (non-hydrogen) atoms. The monoisotopic (exact) mass is 395 g/mol. The van der Waals surface area contributed by atoms with E-state index in [0.717, 1.165) is 22.4 Å². The Morgan fingerprint density at radius 3 is 2.23 bits per heavy atom. The van der Waals surface area contributed by atoms with Gasteiger partial charge in [0.2, 0.25) is 10.0 Å². The van der Waals surface area contributed by atoms with Gasteiger partial charge in [0.25, 0.3) is 0 Å². The van der Waals surface area contributed by atoms with E-state index in [1.807, 2.05) is 26.0 Å². The molecule has 0 spiro atoms. The largest absolute Gasteiger partial charge is 0.496 e. The van der Waals surface area contributed by atoms with Crippen molar-refractivity contribution in [3.05, 3.63) is 63.7 Å². The van der Waals surface area contributed by atoms with Gasteiger partial charge in [0.1, 0.15) is 5.75 Å². The van der Waals surface area contributed by atoms with Crippen LogP contribution in [0.3, 0.4) is 0 Å². The maximum atomic E-state index is 12.6. The molecule has 0 aliphatic rings. The first kappa shape index (κ1) is 20.7. The maximum Gasteiger partial charge on any atom is 0.216 e. The second-order valence-electron chi connectivity index (χ2n) is 6.83. The van der Waals surface area contributed by atoms with E-state index in [2.05, 4.69) is 18.6 Å². The van der Waals surface area contributed by atoms with Crippen LogP contribution in [0.5, 0.6) is 5.75 Å². The van der Waals surface area contributed by atoms with Crippen LogP contribution < -0.4 is 9.46 Å². The fourth-order valence-corrected chi connectivity index (χ4v) is 4.49. The zero-order chi connectivity index (χ0) is 19.5. The summed E-state index contributed by atoms with van der Waals surface area (Å²) in [4.78, 5) is 0. The second-order valence-corrected chi connectivity index (χ2v) is 9.02. The number of ether oxygens (including phenoxy) is 1. The zero-order valence-corrected chi connectivity index (χ0v) is 17.4. The fourth-order valence-electron chi connectivity index (χ4n) is 2.98. The molecule has 0 bridgehead atoms. The standard InChI is InChI=1S/C20H26ClNO3S/c1-13(2)18-11-19(14(3)10-20(18)25-5)15(4)22-26(23,24)12-16-6-8-17(21)9-7-16/h6-11,13,15,22H,12H2,1-5H3/t15-/m1/s1. The summed E-state index contributed by atoms with van der Waals surface area (Å²) >= 11 is 5.85. The van der Waals surface area contributed by atoms with E-state index in [1.165, 1.54) is 0 Å². The molecule has 0 radical (unpaired) electrons. The Morgan fingerprint density at radius 1 is 1.08 bits per heavy atom. The number of benzene rings is 2. The molecule has 1 N–H and O–H groups in total. The molecule has 4 nitrogen and oxygen atoms in total. The summed E-state index contributed by atoms with van der Waals surface area (Å²) in [6.45, 7) is 8.00. The maximum absolute atomic E-state index is 12.6. The van der Waals surface area contributed by atoms with E-state index < -0.39 is 10.0 Å².